The van der Waals surface area contributed by atoms with Gasteiger partial charge in [0.05, 0.1) is 17.3 Å². The molecule has 202 valence electrons. The molecule has 0 saturated carbocycles. The molecule has 1 aliphatic rings. The second-order valence-electron chi connectivity index (χ2n) is 9.86. The third kappa shape index (κ3) is 6.10. The maximum atomic E-state index is 13.7. The molecule has 0 radical (unpaired) electrons. The number of hydrogen-bond acceptors (Lipinski definition) is 5. The molecule has 0 bridgehead atoms. The average Bonchev–Trinajstić information content (AvgIpc) is 3.39. The normalized spacial score (nSPS) is 16.1. The second kappa shape index (κ2) is 11.5. The van der Waals surface area contributed by atoms with Crippen LogP contribution in [-0.2, 0) is 6.18 Å². The van der Waals surface area contributed by atoms with Crippen LogP contribution in [0.5, 0.6) is 0 Å². The minimum absolute atomic E-state index is 0.504. The highest BCUT2D eigenvalue weighted by Crippen LogP contribution is 2.35. The number of aromatic nitrogens is 4. The molecular formula is C30H31F3N6. The third-order valence-corrected chi connectivity index (χ3v) is 7.16. The zero-order valence-corrected chi connectivity index (χ0v) is 22.0. The Morgan fingerprint density at radius 2 is 1.56 bits per heavy atom. The van der Waals surface area contributed by atoms with Crippen molar-refractivity contribution >= 4 is 6.08 Å². The van der Waals surface area contributed by atoms with Crippen molar-refractivity contribution in [3.8, 4) is 5.69 Å². The van der Waals surface area contributed by atoms with E-state index in [2.05, 4.69) is 49.6 Å². The summed E-state index contributed by atoms with van der Waals surface area (Å²) in [5.41, 5.74) is 3.81. The van der Waals surface area contributed by atoms with Crippen LogP contribution in [0.15, 0.2) is 78.9 Å². The molecular weight excluding hydrogens is 501 g/mol. The van der Waals surface area contributed by atoms with Crippen molar-refractivity contribution in [2.75, 3.05) is 32.7 Å². The average molecular weight is 533 g/mol. The highest BCUT2D eigenvalue weighted by Gasteiger charge is 2.35. The van der Waals surface area contributed by atoms with Crippen LogP contribution in [0.2, 0.25) is 0 Å². The predicted molar refractivity (Wildman–Crippen MR) is 145 cm³/mol. The first-order chi connectivity index (χ1) is 18.8. The van der Waals surface area contributed by atoms with Gasteiger partial charge in [0.25, 0.3) is 0 Å². The van der Waals surface area contributed by atoms with Crippen molar-refractivity contribution in [1.29, 1.82) is 0 Å². The molecule has 1 fully saturated rings. The van der Waals surface area contributed by atoms with Gasteiger partial charge in [-0.05, 0) is 58.7 Å². The van der Waals surface area contributed by atoms with Gasteiger partial charge in [0.15, 0.2) is 5.82 Å². The van der Waals surface area contributed by atoms with Gasteiger partial charge in [-0.2, -0.15) is 17.9 Å². The molecule has 6 nitrogen and oxygen atoms in total. The van der Waals surface area contributed by atoms with Gasteiger partial charge in [-0.25, -0.2) is 0 Å². The van der Waals surface area contributed by atoms with Gasteiger partial charge in [-0.15, -0.1) is 5.10 Å². The molecule has 2 heterocycles. The summed E-state index contributed by atoms with van der Waals surface area (Å²) in [4.78, 5) is 4.52. The fraction of sp³-hybridized carbons (Fsp3) is 0.300. The maximum Gasteiger partial charge on any atom is 0.416 e. The lowest BCUT2D eigenvalue weighted by molar-refractivity contribution is -0.137. The predicted octanol–water partition coefficient (Wildman–Crippen LogP) is 5.72. The number of piperazine rings is 1. The minimum atomic E-state index is -4.44. The van der Waals surface area contributed by atoms with Gasteiger partial charge in [-0.1, -0.05) is 72.8 Å². The Balaban J connectivity index is 1.44. The molecule has 4 aromatic rings. The Hall–Kier alpha value is -3.82. The van der Waals surface area contributed by atoms with Crippen LogP contribution in [0.25, 0.3) is 11.8 Å². The molecule has 9 heteroatoms. The molecule has 0 N–H and O–H groups in total. The quantitative estimate of drug-likeness (QED) is 0.305. The van der Waals surface area contributed by atoms with Crippen molar-refractivity contribution in [3.63, 3.8) is 0 Å². The molecule has 0 spiro atoms. The first-order valence-corrected chi connectivity index (χ1v) is 13.0. The lowest BCUT2D eigenvalue weighted by atomic mass is 10.00. The number of hydrogen-bond donors (Lipinski definition) is 0. The summed E-state index contributed by atoms with van der Waals surface area (Å²) in [6.07, 6.45) is -0.184. The maximum absolute atomic E-state index is 13.7. The van der Waals surface area contributed by atoms with E-state index in [0.717, 1.165) is 48.1 Å². The van der Waals surface area contributed by atoms with Crippen molar-refractivity contribution in [2.45, 2.75) is 26.1 Å². The largest absolute Gasteiger partial charge is 0.416 e. The van der Waals surface area contributed by atoms with E-state index in [9.17, 15) is 13.2 Å². The number of halogens is 3. The van der Waals surface area contributed by atoms with Crippen LogP contribution in [0.3, 0.4) is 0 Å². The number of aryl methyl sites for hydroxylation is 2. The molecule has 1 atom stereocenters. The van der Waals surface area contributed by atoms with E-state index in [-0.39, 0.29) is 0 Å². The summed E-state index contributed by atoms with van der Waals surface area (Å²) in [6.45, 7) is 7.65. The van der Waals surface area contributed by atoms with Crippen LogP contribution >= 0.6 is 0 Å². The van der Waals surface area contributed by atoms with Crippen molar-refractivity contribution in [2.24, 2.45) is 0 Å². The number of para-hydroxylation sites is 1. The topological polar surface area (TPSA) is 50.1 Å². The van der Waals surface area contributed by atoms with Gasteiger partial charge in [-0.3, -0.25) is 9.80 Å². The Morgan fingerprint density at radius 1 is 0.872 bits per heavy atom. The molecule has 39 heavy (non-hydrogen) atoms. The first-order valence-electron chi connectivity index (χ1n) is 13.0. The number of rotatable bonds is 7. The highest BCUT2D eigenvalue weighted by atomic mass is 19.4. The molecule has 1 aliphatic heterocycles. The van der Waals surface area contributed by atoms with E-state index in [0.29, 0.717) is 24.5 Å². The summed E-state index contributed by atoms with van der Waals surface area (Å²) in [5, 5.41) is 12.6. The van der Waals surface area contributed by atoms with Crippen molar-refractivity contribution < 1.29 is 13.2 Å². The number of alkyl halides is 3. The monoisotopic (exact) mass is 532 g/mol. The van der Waals surface area contributed by atoms with Gasteiger partial charge >= 0.3 is 6.18 Å². The van der Waals surface area contributed by atoms with Gasteiger partial charge in [0.1, 0.15) is 0 Å². The Bertz CT molecular complexity index is 1400. The van der Waals surface area contributed by atoms with Crippen LogP contribution < -0.4 is 0 Å². The summed E-state index contributed by atoms with van der Waals surface area (Å²) in [5.74, 6) is 0.504. The van der Waals surface area contributed by atoms with Crippen LogP contribution in [0.4, 0.5) is 13.2 Å². The minimum Gasteiger partial charge on any atom is -0.297 e. The Labute approximate surface area is 226 Å². The summed E-state index contributed by atoms with van der Waals surface area (Å²) >= 11 is 0. The molecule has 0 amide bonds. The first kappa shape index (κ1) is 26.8. The van der Waals surface area contributed by atoms with E-state index in [1.807, 2.05) is 50.2 Å². The lowest BCUT2D eigenvalue weighted by Crippen LogP contribution is -2.48. The molecule has 1 aromatic heterocycles. The van der Waals surface area contributed by atoms with Gasteiger partial charge < -0.3 is 0 Å². The zero-order chi connectivity index (χ0) is 27.4. The van der Waals surface area contributed by atoms with E-state index in [1.54, 1.807) is 10.7 Å². The van der Waals surface area contributed by atoms with E-state index < -0.39 is 17.8 Å². The number of benzene rings is 3. The van der Waals surface area contributed by atoms with E-state index in [1.165, 1.54) is 12.1 Å². The molecule has 3 aromatic carbocycles. The summed E-state index contributed by atoms with van der Waals surface area (Å²) in [6, 6.07) is 21.1. The summed E-state index contributed by atoms with van der Waals surface area (Å²) < 4.78 is 42.7. The SMILES string of the molecule is Cc1cccc(C)c1-n1nnnc1C(c1cccc(C(F)(F)F)c1)N1CCN(CC=Cc2ccccc2)CC1. The Morgan fingerprint density at radius 3 is 2.26 bits per heavy atom. The fourth-order valence-corrected chi connectivity index (χ4v) is 5.18. The van der Waals surface area contributed by atoms with Crippen molar-refractivity contribution in [1.82, 2.24) is 30.0 Å². The van der Waals surface area contributed by atoms with Crippen LogP contribution in [0, 0.1) is 13.8 Å². The summed E-state index contributed by atoms with van der Waals surface area (Å²) in [7, 11) is 0. The smallest absolute Gasteiger partial charge is 0.297 e. The molecule has 5 rings (SSSR count). The van der Waals surface area contributed by atoms with Crippen molar-refractivity contribution in [3.05, 3.63) is 113 Å². The van der Waals surface area contributed by atoms with Gasteiger partial charge in [0.2, 0.25) is 0 Å². The third-order valence-electron chi connectivity index (χ3n) is 7.16. The number of tetrazole rings is 1. The van der Waals surface area contributed by atoms with Gasteiger partial charge in [0, 0.05) is 32.7 Å². The fourth-order valence-electron chi connectivity index (χ4n) is 5.18. The Kier molecular flexibility index (Phi) is 7.90. The zero-order valence-electron chi connectivity index (χ0n) is 22.0. The highest BCUT2D eigenvalue weighted by molar-refractivity contribution is 5.49. The van der Waals surface area contributed by atoms with E-state index in [4.69, 9.17) is 0 Å². The van der Waals surface area contributed by atoms with Crippen LogP contribution in [0.1, 0.15) is 39.7 Å². The van der Waals surface area contributed by atoms with Crippen LogP contribution in [-0.4, -0.2) is 62.7 Å². The molecule has 1 unspecified atom stereocenters. The van der Waals surface area contributed by atoms with E-state index >= 15 is 0 Å². The molecule has 0 aliphatic carbocycles. The lowest BCUT2D eigenvalue weighted by Gasteiger charge is -2.38. The second-order valence-corrected chi connectivity index (χ2v) is 9.86. The number of nitrogens with zero attached hydrogens (tertiary/aromatic N) is 6. The molecule has 1 saturated heterocycles. The standard InChI is InChI=1S/C30H31F3N6/c1-22-9-6-10-23(2)27(22)39-29(34-35-36-39)28(25-14-7-15-26(21-25)30(31,32)33)38-19-17-37(18-20-38)16-8-13-24-11-4-3-5-12-24/h3-15,21,28H,16-20H2,1-2H3.